The summed E-state index contributed by atoms with van der Waals surface area (Å²) in [7, 11) is 0. The van der Waals surface area contributed by atoms with Crippen molar-refractivity contribution >= 4 is 0 Å². The maximum Gasteiger partial charge on any atom is 0.00966 e. The molecular formula is C10H20N2. The Kier molecular flexibility index (Phi) is 2.13. The molecule has 1 heterocycles. The van der Waals surface area contributed by atoms with E-state index in [1.165, 1.54) is 32.5 Å². The maximum atomic E-state index is 3.65. The van der Waals surface area contributed by atoms with E-state index in [4.69, 9.17) is 0 Å². The van der Waals surface area contributed by atoms with Crippen LogP contribution in [-0.2, 0) is 0 Å². The van der Waals surface area contributed by atoms with Crippen LogP contribution in [-0.4, -0.2) is 25.7 Å². The SMILES string of the molecule is CC1CC1NCC1(C)CCNC1. The Morgan fingerprint density at radius 1 is 1.58 bits per heavy atom. The third kappa shape index (κ3) is 1.80. The highest BCUT2D eigenvalue weighted by molar-refractivity contribution is 4.93. The zero-order valence-corrected chi connectivity index (χ0v) is 8.19. The minimum Gasteiger partial charge on any atom is -0.316 e. The van der Waals surface area contributed by atoms with Crippen molar-refractivity contribution in [3.05, 3.63) is 0 Å². The van der Waals surface area contributed by atoms with Gasteiger partial charge in [0.1, 0.15) is 0 Å². The minimum absolute atomic E-state index is 0.530. The molecule has 0 aromatic heterocycles. The van der Waals surface area contributed by atoms with Crippen LogP contribution in [0.3, 0.4) is 0 Å². The fourth-order valence-electron chi connectivity index (χ4n) is 2.00. The van der Waals surface area contributed by atoms with Crippen LogP contribution in [0.2, 0.25) is 0 Å². The molecule has 2 rings (SSSR count). The van der Waals surface area contributed by atoms with E-state index in [0.29, 0.717) is 5.41 Å². The quantitative estimate of drug-likeness (QED) is 0.656. The van der Waals surface area contributed by atoms with E-state index in [0.717, 1.165) is 12.0 Å². The van der Waals surface area contributed by atoms with Crippen LogP contribution in [0, 0.1) is 11.3 Å². The third-order valence-electron chi connectivity index (χ3n) is 3.36. The van der Waals surface area contributed by atoms with Gasteiger partial charge in [0.05, 0.1) is 0 Å². The van der Waals surface area contributed by atoms with Gasteiger partial charge in [0, 0.05) is 19.1 Å². The Morgan fingerprint density at radius 3 is 2.83 bits per heavy atom. The molecule has 2 aliphatic rings. The summed E-state index contributed by atoms with van der Waals surface area (Å²) in [5, 5.41) is 7.08. The van der Waals surface area contributed by atoms with Gasteiger partial charge in [-0.05, 0) is 30.7 Å². The molecule has 70 valence electrons. The van der Waals surface area contributed by atoms with E-state index >= 15 is 0 Å². The summed E-state index contributed by atoms with van der Waals surface area (Å²) in [6.07, 6.45) is 2.73. The van der Waals surface area contributed by atoms with Gasteiger partial charge in [0.2, 0.25) is 0 Å². The lowest BCUT2D eigenvalue weighted by atomic mass is 9.90. The first-order chi connectivity index (χ1) is 5.70. The fourth-order valence-corrected chi connectivity index (χ4v) is 2.00. The molecule has 0 aromatic carbocycles. The van der Waals surface area contributed by atoms with Crippen molar-refractivity contribution in [2.45, 2.75) is 32.7 Å². The number of hydrogen-bond acceptors (Lipinski definition) is 2. The predicted molar refractivity (Wildman–Crippen MR) is 51.2 cm³/mol. The van der Waals surface area contributed by atoms with Crippen molar-refractivity contribution in [1.82, 2.24) is 10.6 Å². The average Bonchev–Trinajstić information content (AvgIpc) is 2.55. The second-order valence-corrected chi connectivity index (χ2v) is 4.94. The van der Waals surface area contributed by atoms with Crippen LogP contribution in [0.15, 0.2) is 0 Å². The minimum atomic E-state index is 0.530. The molecule has 0 bridgehead atoms. The molecule has 2 heteroatoms. The van der Waals surface area contributed by atoms with Gasteiger partial charge in [0.25, 0.3) is 0 Å². The smallest absolute Gasteiger partial charge is 0.00966 e. The van der Waals surface area contributed by atoms with Crippen molar-refractivity contribution in [3.8, 4) is 0 Å². The molecule has 1 aliphatic carbocycles. The molecule has 1 saturated carbocycles. The van der Waals surface area contributed by atoms with E-state index in [1.54, 1.807) is 0 Å². The summed E-state index contributed by atoms with van der Waals surface area (Å²) >= 11 is 0. The molecule has 2 N–H and O–H groups in total. The van der Waals surface area contributed by atoms with Gasteiger partial charge in [-0.3, -0.25) is 0 Å². The topological polar surface area (TPSA) is 24.1 Å². The summed E-state index contributed by atoms with van der Waals surface area (Å²) in [6, 6.07) is 0.836. The molecule has 2 nitrogen and oxygen atoms in total. The van der Waals surface area contributed by atoms with Crippen LogP contribution in [0.4, 0.5) is 0 Å². The molecule has 0 aromatic rings. The van der Waals surface area contributed by atoms with Gasteiger partial charge in [-0.15, -0.1) is 0 Å². The Labute approximate surface area is 75.1 Å². The normalized spacial score (nSPS) is 46.5. The Bertz CT molecular complexity index is 161. The lowest BCUT2D eigenvalue weighted by Crippen LogP contribution is -2.35. The van der Waals surface area contributed by atoms with Gasteiger partial charge in [-0.2, -0.15) is 0 Å². The van der Waals surface area contributed by atoms with Crippen molar-refractivity contribution < 1.29 is 0 Å². The summed E-state index contributed by atoms with van der Waals surface area (Å²) in [5.74, 6) is 0.933. The van der Waals surface area contributed by atoms with Crippen molar-refractivity contribution in [2.75, 3.05) is 19.6 Å². The molecule has 1 saturated heterocycles. The average molecular weight is 168 g/mol. The highest BCUT2D eigenvalue weighted by atomic mass is 15.0. The summed E-state index contributed by atoms with van der Waals surface area (Å²) in [4.78, 5) is 0. The highest BCUT2D eigenvalue weighted by Crippen LogP contribution is 2.31. The van der Waals surface area contributed by atoms with Crippen LogP contribution >= 0.6 is 0 Å². The van der Waals surface area contributed by atoms with E-state index in [2.05, 4.69) is 24.5 Å². The van der Waals surface area contributed by atoms with Crippen molar-refractivity contribution in [2.24, 2.45) is 11.3 Å². The summed E-state index contributed by atoms with van der Waals surface area (Å²) in [6.45, 7) is 8.31. The first-order valence-electron chi connectivity index (χ1n) is 5.14. The number of hydrogen-bond donors (Lipinski definition) is 2. The largest absolute Gasteiger partial charge is 0.316 e. The predicted octanol–water partition coefficient (Wildman–Crippen LogP) is 0.984. The monoisotopic (exact) mass is 168 g/mol. The van der Waals surface area contributed by atoms with E-state index < -0.39 is 0 Å². The molecule has 0 spiro atoms. The Balaban J connectivity index is 1.71. The standard InChI is InChI=1S/C10H20N2/c1-8-5-9(8)12-7-10(2)3-4-11-6-10/h8-9,11-12H,3-7H2,1-2H3. The van der Waals surface area contributed by atoms with Crippen LogP contribution in [0.5, 0.6) is 0 Å². The first-order valence-corrected chi connectivity index (χ1v) is 5.14. The lowest BCUT2D eigenvalue weighted by molar-refractivity contribution is 0.336. The van der Waals surface area contributed by atoms with Gasteiger partial charge in [-0.25, -0.2) is 0 Å². The molecular weight excluding hydrogens is 148 g/mol. The van der Waals surface area contributed by atoms with Gasteiger partial charge >= 0.3 is 0 Å². The van der Waals surface area contributed by atoms with Gasteiger partial charge in [-0.1, -0.05) is 13.8 Å². The van der Waals surface area contributed by atoms with Crippen LogP contribution < -0.4 is 10.6 Å². The summed E-state index contributed by atoms with van der Waals surface area (Å²) < 4.78 is 0. The lowest BCUT2D eigenvalue weighted by Gasteiger charge is -2.22. The maximum absolute atomic E-state index is 3.65. The molecule has 2 fully saturated rings. The van der Waals surface area contributed by atoms with Gasteiger partial charge in [0.15, 0.2) is 0 Å². The van der Waals surface area contributed by atoms with E-state index in [9.17, 15) is 0 Å². The third-order valence-corrected chi connectivity index (χ3v) is 3.36. The number of rotatable bonds is 3. The molecule has 3 atom stereocenters. The van der Waals surface area contributed by atoms with E-state index in [-0.39, 0.29) is 0 Å². The van der Waals surface area contributed by atoms with Crippen LogP contribution in [0.25, 0.3) is 0 Å². The summed E-state index contributed by atoms with van der Waals surface area (Å²) in [5.41, 5.74) is 0.530. The van der Waals surface area contributed by atoms with Crippen molar-refractivity contribution in [3.63, 3.8) is 0 Å². The molecule has 3 unspecified atom stereocenters. The fraction of sp³-hybridized carbons (Fsp3) is 1.00. The first kappa shape index (κ1) is 8.52. The molecule has 0 radical (unpaired) electrons. The number of nitrogens with one attached hydrogen (secondary N) is 2. The second kappa shape index (κ2) is 3.00. The second-order valence-electron chi connectivity index (χ2n) is 4.94. The van der Waals surface area contributed by atoms with Gasteiger partial charge < -0.3 is 10.6 Å². The van der Waals surface area contributed by atoms with Crippen LogP contribution in [0.1, 0.15) is 26.7 Å². The molecule has 0 amide bonds. The molecule has 12 heavy (non-hydrogen) atoms. The van der Waals surface area contributed by atoms with Crippen molar-refractivity contribution in [1.29, 1.82) is 0 Å². The Hall–Kier alpha value is -0.0800. The zero-order chi connectivity index (χ0) is 8.60. The highest BCUT2D eigenvalue weighted by Gasteiger charge is 2.35. The van der Waals surface area contributed by atoms with E-state index in [1.807, 2.05) is 0 Å². The Morgan fingerprint density at radius 2 is 2.33 bits per heavy atom. The zero-order valence-electron chi connectivity index (χ0n) is 8.19. The molecule has 1 aliphatic heterocycles.